The summed E-state index contributed by atoms with van der Waals surface area (Å²) in [6.07, 6.45) is 6.94. The maximum absolute atomic E-state index is 12.1. The fourth-order valence-electron chi connectivity index (χ4n) is 2.74. The summed E-state index contributed by atoms with van der Waals surface area (Å²) in [5.74, 6) is 1.02. The molecule has 0 radical (unpaired) electrons. The third kappa shape index (κ3) is 3.82. The van der Waals surface area contributed by atoms with E-state index in [1.165, 1.54) is 24.8 Å². The zero-order valence-corrected chi connectivity index (χ0v) is 12.1. The van der Waals surface area contributed by atoms with Crippen LogP contribution in [0.2, 0.25) is 0 Å². The molecule has 2 nitrogen and oxygen atoms in total. The Morgan fingerprint density at radius 2 is 1.84 bits per heavy atom. The van der Waals surface area contributed by atoms with Crippen LogP contribution in [0.3, 0.4) is 0 Å². The van der Waals surface area contributed by atoms with Crippen molar-refractivity contribution in [1.82, 2.24) is 0 Å². The molecule has 0 saturated heterocycles. The van der Waals surface area contributed by atoms with Crippen molar-refractivity contribution in [2.75, 3.05) is 5.32 Å². The molecule has 19 heavy (non-hydrogen) atoms. The summed E-state index contributed by atoms with van der Waals surface area (Å²) in [4.78, 5) is 12.1. The number of carbonyl (C=O) groups is 1. The molecule has 0 heterocycles. The zero-order valence-electron chi connectivity index (χ0n) is 12.1. The second kappa shape index (κ2) is 6.74. The normalized spacial score (nSPS) is 18.0. The van der Waals surface area contributed by atoms with Gasteiger partial charge in [-0.25, -0.2) is 0 Å². The molecule has 2 heteroatoms. The van der Waals surface area contributed by atoms with Gasteiger partial charge in [0.25, 0.3) is 0 Å². The average Bonchev–Trinajstić information content (AvgIpc) is 2.48. The van der Waals surface area contributed by atoms with E-state index in [-0.39, 0.29) is 11.8 Å². The number of hydrogen-bond donors (Lipinski definition) is 1. The van der Waals surface area contributed by atoms with Gasteiger partial charge in [0.2, 0.25) is 5.91 Å². The molecular weight excluding hydrogens is 234 g/mol. The summed E-state index contributed by atoms with van der Waals surface area (Å²) < 4.78 is 0. The van der Waals surface area contributed by atoms with Crippen molar-refractivity contribution in [1.29, 1.82) is 0 Å². The van der Waals surface area contributed by atoms with E-state index in [4.69, 9.17) is 0 Å². The van der Waals surface area contributed by atoms with E-state index < -0.39 is 0 Å². The highest BCUT2D eigenvalue weighted by Gasteiger charge is 2.20. The lowest BCUT2D eigenvalue weighted by atomic mass is 9.88. The van der Waals surface area contributed by atoms with Crippen molar-refractivity contribution >= 4 is 11.6 Å². The van der Waals surface area contributed by atoms with Gasteiger partial charge >= 0.3 is 0 Å². The Morgan fingerprint density at radius 3 is 2.42 bits per heavy atom. The maximum atomic E-state index is 12.1. The van der Waals surface area contributed by atoms with Crippen molar-refractivity contribution in [3.8, 4) is 0 Å². The topological polar surface area (TPSA) is 29.1 Å². The zero-order chi connectivity index (χ0) is 13.7. The van der Waals surface area contributed by atoms with Crippen molar-refractivity contribution in [3.05, 3.63) is 29.8 Å². The molecule has 1 amide bonds. The Morgan fingerprint density at radius 1 is 1.21 bits per heavy atom. The molecule has 0 aliphatic heterocycles. The van der Waals surface area contributed by atoms with E-state index in [0.29, 0.717) is 5.92 Å². The Bertz CT molecular complexity index is 404. The number of amides is 1. The molecule has 0 bridgehead atoms. The van der Waals surface area contributed by atoms with E-state index in [0.717, 1.165) is 24.9 Å². The van der Waals surface area contributed by atoms with Gasteiger partial charge in [0.1, 0.15) is 0 Å². The lowest BCUT2D eigenvalue weighted by Crippen LogP contribution is -2.24. The Labute approximate surface area is 116 Å². The van der Waals surface area contributed by atoms with Crippen molar-refractivity contribution in [2.45, 2.75) is 58.3 Å². The average molecular weight is 259 g/mol. The summed E-state index contributed by atoms with van der Waals surface area (Å²) in [6, 6.07) is 8.32. The van der Waals surface area contributed by atoms with Crippen LogP contribution in [0.4, 0.5) is 5.69 Å². The third-order valence-electron chi connectivity index (χ3n) is 4.34. The Balaban J connectivity index is 1.93. The Kier molecular flexibility index (Phi) is 5.00. The molecule has 1 atom stereocenters. The first kappa shape index (κ1) is 14.1. The molecule has 1 fully saturated rings. The molecule has 0 aromatic heterocycles. The number of hydrogen-bond acceptors (Lipinski definition) is 1. The second-order valence-electron chi connectivity index (χ2n) is 5.76. The molecule has 1 saturated carbocycles. The minimum Gasteiger partial charge on any atom is -0.326 e. The summed E-state index contributed by atoms with van der Waals surface area (Å²) in [5, 5.41) is 3.06. The van der Waals surface area contributed by atoms with Gasteiger partial charge < -0.3 is 5.32 Å². The van der Waals surface area contributed by atoms with E-state index in [1.807, 2.05) is 12.1 Å². The predicted molar refractivity (Wildman–Crippen MR) is 80.4 cm³/mol. The second-order valence-corrected chi connectivity index (χ2v) is 5.76. The summed E-state index contributed by atoms with van der Waals surface area (Å²) in [6.45, 7) is 4.43. The smallest absolute Gasteiger partial charge is 0.227 e. The van der Waals surface area contributed by atoms with Gasteiger partial charge in [0.15, 0.2) is 0 Å². The molecular formula is C17H25NO. The fraction of sp³-hybridized carbons (Fsp3) is 0.588. The fourth-order valence-corrected chi connectivity index (χ4v) is 2.74. The van der Waals surface area contributed by atoms with Crippen molar-refractivity contribution < 1.29 is 4.79 Å². The van der Waals surface area contributed by atoms with Crippen LogP contribution in [-0.4, -0.2) is 5.91 Å². The van der Waals surface area contributed by atoms with Gasteiger partial charge in [-0.15, -0.1) is 0 Å². The van der Waals surface area contributed by atoms with Crippen LogP contribution >= 0.6 is 0 Å². The Hall–Kier alpha value is -1.31. The molecule has 1 aromatic carbocycles. The van der Waals surface area contributed by atoms with Gasteiger partial charge in [0.05, 0.1) is 0 Å². The minimum atomic E-state index is 0.205. The van der Waals surface area contributed by atoms with Crippen LogP contribution in [-0.2, 0) is 4.79 Å². The number of carbonyl (C=O) groups excluding carboxylic acids is 1. The van der Waals surface area contributed by atoms with Crippen LogP contribution in [0.1, 0.15) is 63.9 Å². The summed E-state index contributed by atoms with van der Waals surface area (Å²) in [5.41, 5.74) is 2.28. The minimum absolute atomic E-state index is 0.205. The van der Waals surface area contributed by atoms with Crippen molar-refractivity contribution in [3.63, 3.8) is 0 Å². The summed E-state index contributed by atoms with van der Waals surface area (Å²) in [7, 11) is 0. The number of benzene rings is 1. The molecule has 0 spiro atoms. The molecule has 2 rings (SSSR count). The first-order valence-electron chi connectivity index (χ1n) is 7.61. The molecule has 0 unspecified atom stereocenters. The van der Waals surface area contributed by atoms with E-state index in [1.54, 1.807) is 0 Å². The van der Waals surface area contributed by atoms with Gasteiger partial charge in [0, 0.05) is 11.6 Å². The highest BCUT2D eigenvalue weighted by molar-refractivity contribution is 5.92. The number of rotatable bonds is 4. The lowest BCUT2D eigenvalue weighted by molar-refractivity contribution is -0.120. The molecule has 1 N–H and O–H groups in total. The largest absolute Gasteiger partial charge is 0.326 e. The monoisotopic (exact) mass is 259 g/mol. The van der Waals surface area contributed by atoms with Gasteiger partial charge in [-0.05, 0) is 42.9 Å². The van der Waals surface area contributed by atoms with E-state index >= 15 is 0 Å². The van der Waals surface area contributed by atoms with Gasteiger partial charge in [-0.2, -0.15) is 0 Å². The molecule has 104 valence electrons. The predicted octanol–water partition coefficient (Wildman–Crippen LogP) is 4.72. The highest BCUT2D eigenvalue weighted by atomic mass is 16.1. The van der Waals surface area contributed by atoms with Crippen LogP contribution < -0.4 is 5.32 Å². The van der Waals surface area contributed by atoms with Crippen LogP contribution in [0.5, 0.6) is 0 Å². The third-order valence-corrected chi connectivity index (χ3v) is 4.34. The van der Waals surface area contributed by atoms with E-state index in [9.17, 15) is 4.79 Å². The van der Waals surface area contributed by atoms with Gasteiger partial charge in [-0.3, -0.25) is 4.79 Å². The van der Waals surface area contributed by atoms with Crippen LogP contribution in [0.15, 0.2) is 24.3 Å². The highest BCUT2D eigenvalue weighted by Crippen LogP contribution is 2.25. The van der Waals surface area contributed by atoms with Crippen molar-refractivity contribution in [2.24, 2.45) is 5.92 Å². The summed E-state index contributed by atoms with van der Waals surface area (Å²) >= 11 is 0. The van der Waals surface area contributed by atoms with Gasteiger partial charge in [-0.1, -0.05) is 45.2 Å². The lowest BCUT2D eigenvalue weighted by Gasteiger charge is -2.20. The molecule has 1 aromatic rings. The van der Waals surface area contributed by atoms with Crippen LogP contribution in [0.25, 0.3) is 0 Å². The maximum Gasteiger partial charge on any atom is 0.227 e. The van der Waals surface area contributed by atoms with Crippen LogP contribution in [0, 0.1) is 5.92 Å². The number of anilines is 1. The van der Waals surface area contributed by atoms with E-state index in [2.05, 4.69) is 31.3 Å². The molecule has 1 aliphatic rings. The quantitative estimate of drug-likeness (QED) is 0.833. The molecule has 1 aliphatic carbocycles. The standard InChI is InChI=1S/C17H25NO/c1-3-13(2)14-9-11-16(12-10-14)18-17(19)15-7-5-4-6-8-15/h9-13,15H,3-8H2,1-2H3,(H,18,19)/t13-/m0/s1. The SMILES string of the molecule is CC[C@H](C)c1ccc(NC(=O)C2CCCCC2)cc1. The first-order valence-corrected chi connectivity index (χ1v) is 7.61. The first-order chi connectivity index (χ1) is 9.20. The number of nitrogens with one attached hydrogen (secondary N) is 1.